The number of benzene rings is 1. The molecule has 0 aliphatic carbocycles. The maximum absolute atomic E-state index is 11.8. The van der Waals surface area contributed by atoms with E-state index in [4.69, 9.17) is 9.47 Å². The Labute approximate surface area is 139 Å². The van der Waals surface area contributed by atoms with Crippen LogP contribution in [0.2, 0.25) is 0 Å². The third-order valence-electron chi connectivity index (χ3n) is 3.40. The molecule has 1 aromatic rings. The molecular weight excluding hydrogens is 316 g/mol. The normalized spacial score (nSPS) is 14.7. The van der Waals surface area contributed by atoms with E-state index in [0.29, 0.717) is 19.4 Å². The van der Waals surface area contributed by atoms with Gasteiger partial charge >= 0.3 is 11.8 Å². The van der Waals surface area contributed by atoms with Crippen LogP contribution in [-0.4, -0.2) is 47.5 Å². The Bertz CT molecular complexity index is 646. The highest BCUT2D eigenvalue weighted by molar-refractivity contribution is 5.77. The van der Waals surface area contributed by atoms with Crippen LogP contribution in [-0.2, 0) is 4.74 Å². The lowest BCUT2D eigenvalue weighted by Gasteiger charge is -2.39. The first kappa shape index (κ1) is 17.7. The van der Waals surface area contributed by atoms with E-state index >= 15 is 0 Å². The van der Waals surface area contributed by atoms with Crippen molar-refractivity contribution >= 4 is 18.1 Å². The number of nitro benzene ring substituents is 1. The van der Waals surface area contributed by atoms with Gasteiger partial charge in [0.2, 0.25) is 0 Å². The van der Waals surface area contributed by atoms with Gasteiger partial charge in [-0.15, -0.1) is 0 Å². The van der Waals surface area contributed by atoms with E-state index in [-0.39, 0.29) is 35.6 Å². The second kappa shape index (κ2) is 6.86. The molecule has 1 aromatic carbocycles. The van der Waals surface area contributed by atoms with E-state index in [0.717, 1.165) is 0 Å². The summed E-state index contributed by atoms with van der Waals surface area (Å²) in [6.07, 6.45) is 0.168. The highest BCUT2D eigenvalue weighted by Crippen LogP contribution is 2.29. The van der Waals surface area contributed by atoms with Gasteiger partial charge in [0, 0.05) is 30.6 Å². The first-order chi connectivity index (χ1) is 11.2. The Morgan fingerprint density at radius 2 is 2.08 bits per heavy atom. The third kappa shape index (κ3) is 4.43. The van der Waals surface area contributed by atoms with Crippen molar-refractivity contribution < 1.29 is 24.0 Å². The standard InChI is InChI=1S/C16H20N2O6/c1-16(2,3)24-15(20)17-7-12(8-17)10-23-14-5-4-11(9-19)6-13(14)18(21)22/h4-6,9,12H,7-8,10H2,1-3H3. The summed E-state index contributed by atoms with van der Waals surface area (Å²) in [5, 5.41) is 11.0. The summed E-state index contributed by atoms with van der Waals surface area (Å²) in [6.45, 7) is 6.61. The fourth-order valence-electron chi connectivity index (χ4n) is 2.23. The number of amides is 1. The summed E-state index contributed by atoms with van der Waals surface area (Å²) >= 11 is 0. The summed E-state index contributed by atoms with van der Waals surface area (Å²) in [5.74, 6) is 0.198. The average molecular weight is 336 g/mol. The summed E-state index contributed by atoms with van der Waals surface area (Å²) < 4.78 is 10.7. The maximum atomic E-state index is 11.8. The highest BCUT2D eigenvalue weighted by atomic mass is 16.6. The minimum absolute atomic E-state index is 0.0860. The minimum atomic E-state index is -0.587. The molecule has 0 atom stereocenters. The van der Waals surface area contributed by atoms with Gasteiger partial charge in [0.15, 0.2) is 5.75 Å². The molecule has 8 heteroatoms. The van der Waals surface area contributed by atoms with Gasteiger partial charge < -0.3 is 14.4 Å². The molecule has 1 aliphatic heterocycles. The Balaban J connectivity index is 1.87. The summed E-state index contributed by atoms with van der Waals surface area (Å²) in [6, 6.07) is 4.05. The van der Waals surface area contributed by atoms with Crippen LogP contribution >= 0.6 is 0 Å². The molecule has 8 nitrogen and oxygen atoms in total. The molecule has 1 amide bonds. The number of carbonyl (C=O) groups is 2. The molecular formula is C16H20N2O6. The number of nitrogens with zero attached hydrogens (tertiary/aromatic N) is 2. The molecule has 0 unspecified atom stereocenters. The van der Waals surface area contributed by atoms with Gasteiger partial charge in [-0.05, 0) is 32.9 Å². The third-order valence-corrected chi connectivity index (χ3v) is 3.40. The van der Waals surface area contributed by atoms with Crippen LogP contribution in [0.4, 0.5) is 10.5 Å². The quantitative estimate of drug-likeness (QED) is 0.465. The zero-order valence-electron chi connectivity index (χ0n) is 13.9. The van der Waals surface area contributed by atoms with Crippen LogP contribution in [0.3, 0.4) is 0 Å². The minimum Gasteiger partial charge on any atom is -0.486 e. The molecule has 0 aromatic heterocycles. The van der Waals surface area contributed by atoms with Crippen LogP contribution in [0.25, 0.3) is 0 Å². The predicted octanol–water partition coefficient (Wildman–Crippen LogP) is 2.65. The molecule has 1 aliphatic rings. The monoisotopic (exact) mass is 336 g/mol. The predicted molar refractivity (Wildman–Crippen MR) is 85.3 cm³/mol. The molecule has 0 radical (unpaired) electrons. The number of likely N-dealkylation sites (tertiary alicyclic amines) is 1. The average Bonchev–Trinajstić information content (AvgIpc) is 2.43. The van der Waals surface area contributed by atoms with Crippen LogP contribution in [0.1, 0.15) is 31.1 Å². The number of aldehydes is 1. The second-order valence-electron chi connectivity index (χ2n) is 6.66. The lowest BCUT2D eigenvalue weighted by atomic mass is 10.0. The van der Waals surface area contributed by atoms with Crippen LogP contribution in [0, 0.1) is 16.0 Å². The Kier molecular flexibility index (Phi) is 5.06. The molecule has 24 heavy (non-hydrogen) atoms. The highest BCUT2D eigenvalue weighted by Gasteiger charge is 2.34. The van der Waals surface area contributed by atoms with E-state index in [1.54, 1.807) is 25.7 Å². The van der Waals surface area contributed by atoms with Gasteiger partial charge in [-0.3, -0.25) is 14.9 Å². The van der Waals surface area contributed by atoms with Crippen molar-refractivity contribution in [2.24, 2.45) is 5.92 Å². The Hall–Kier alpha value is -2.64. The lowest BCUT2D eigenvalue weighted by molar-refractivity contribution is -0.386. The van der Waals surface area contributed by atoms with E-state index in [1.165, 1.54) is 18.2 Å². The Morgan fingerprint density at radius 3 is 2.62 bits per heavy atom. The van der Waals surface area contributed by atoms with E-state index < -0.39 is 10.5 Å². The maximum Gasteiger partial charge on any atom is 0.410 e. The van der Waals surface area contributed by atoms with Crippen LogP contribution in [0.15, 0.2) is 18.2 Å². The van der Waals surface area contributed by atoms with Gasteiger partial charge in [0.1, 0.15) is 11.9 Å². The van der Waals surface area contributed by atoms with Crippen LogP contribution in [0.5, 0.6) is 5.75 Å². The van der Waals surface area contributed by atoms with Gasteiger partial charge in [0.05, 0.1) is 11.5 Å². The number of rotatable bonds is 5. The van der Waals surface area contributed by atoms with Gasteiger partial charge in [-0.1, -0.05) is 0 Å². The fourth-order valence-corrected chi connectivity index (χ4v) is 2.23. The topological polar surface area (TPSA) is 99.0 Å². The van der Waals surface area contributed by atoms with Crippen molar-refractivity contribution in [1.82, 2.24) is 4.90 Å². The largest absolute Gasteiger partial charge is 0.486 e. The summed E-state index contributed by atoms with van der Waals surface area (Å²) in [4.78, 5) is 34.5. The van der Waals surface area contributed by atoms with Gasteiger partial charge in [-0.2, -0.15) is 0 Å². The number of carbonyl (C=O) groups excluding carboxylic acids is 2. The number of hydrogen-bond donors (Lipinski definition) is 0. The first-order valence-corrected chi connectivity index (χ1v) is 7.54. The van der Waals surface area contributed by atoms with Crippen molar-refractivity contribution in [3.8, 4) is 5.75 Å². The molecule has 2 rings (SSSR count). The molecule has 0 saturated carbocycles. The van der Waals surface area contributed by atoms with Gasteiger partial charge in [0.25, 0.3) is 0 Å². The summed E-state index contributed by atoms with van der Waals surface area (Å²) in [7, 11) is 0. The molecule has 0 N–H and O–H groups in total. The van der Waals surface area contributed by atoms with Crippen molar-refractivity contribution in [1.29, 1.82) is 0 Å². The zero-order chi connectivity index (χ0) is 17.9. The molecule has 0 spiro atoms. The SMILES string of the molecule is CC(C)(C)OC(=O)N1CC(COc2ccc(C=O)cc2[N+](=O)[O-])C1. The van der Waals surface area contributed by atoms with E-state index in [9.17, 15) is 19.7 Å². The molecule has 130 valence electrons. The van der Waals surface area contributed by atoms with Crippen LogP contribution < -0.4 is 4.74 Å². The van der Waals surface area contributed by atoms with E-state index in [2.05, 4.69) is 0 Å². The number of ether oxygens (including phenoxy) is 2. The second-order valence-corrected chi connectivity index (χ2v) is 6.66. The van der Waals surface area contributed by atoms with Crippen molar-refractivity contribution in [2.75, 3.05) is 19.7 Å². The molecule has 1 heterocycles. The fraction of sp³-hybridized carbons (Fsp3) is 0.500. The van der Waals surface area contributed by atoms with E-state index in [1.807, 2.05) is 0 Å². The molecule has 0 bridgehead atoms. The van der Waals surface area contributed by atoms with Crippen molar-refractivity contribution in [2.45, 2.75) is 26.4 Å². The molecule has 1 fully saturated rings. The number of nitro groups is 1. The van der Waals surface area contributed by atoms with Gasteiger partial charge in [-0.25, -0.2) is 4.79 Å². The lowest BCUT2D eigenvalue weighted by Crippen LogP contribution is -2.53. The summed E-state index contributed by atoms with van der Waals surface area (Å²) in [5.41, 5.74) is -0.573. The Morgan fingerprint density at radius 1 is 1.42 bits per heavy atom. The van der Waals surface area contributed by atoms with Crippen molar-refractivity contribution in [3.63, 3.8) is 0 Å². The smallest absolute Gasteiger partial charge is 0.410 e. The zero-order valence-corrected chi connectivity index (χ0v) is 13.9. The molecule has 1 saturated heterocycles. The first-order valence-electron chi connectivity index (χ1n) is 7.54. The van der Waals surface area contributed by atoms with Crippen molar-refractivity contribution in [3.05, 3.63) is 33.9 Å². The number of hydrogen-bond acceptors (Lipinski definition) is 6.